The number of nitriles is 1. The lowest BCUT2D eigenvalue weighted by Crippen LogP contribution is -2.38. The number of halogens is 2. The second-order valence-corrected chi connectivity index (χ2v) is 5.60. The molecule has 0 unspecified atom stereocenters. The average Bonchev–Trinajstić information content (AvgIpc) is 2.59. The van der Waals surface area contributed by atoms with E-state index in [1.165, 1.54) is 23.3 Å². The van der Waals surface area contributed by atoms with Crippen molar-refractivity contribution in [3.63, 3.8) is 0 Å². The lowest BCUT2D eigenvalue weighted by Gasteiger charge is -2.23. The molecule has 6 heteroatoms. The zero-order valence-electron chi connectivity index (χ0n) is 14.6. The minimum atomic E-state index is -0.335. The van der Waals surface area contributed by atoms with Gasteiger partial charge in [0.1, 0.15) is 5.82 Å². The predicted molar refractivity (Wildman–Crippen MR) is 109 cm³/mol. The van der Waals surface area contributed by atoms with E-state index in [1.54, 1.807) is 13.1 Å². The molecule has 0 atom stereocenters. The van der Waals surface area contributed by atoms with Crippen molar-refractivity contribution in [1.82, 2.24) is 10.2 Å². The van der Waals surface area contributed by atoms with Gasteiger partial charge in [-0.15, -0.1) is 24.0 Å². The molecule has 0 radical (unpaired) electrons. The predicted octanol–water partition coefficient (Wildman–Crippen LogP) is 3.83. The Morgan fingerprint density at radius 3 is 2.60 bits per heavy atom. The van der Waals surface area contributed by atoms with E-state index < -0.39 is 0 Å². The van der Waals surface area contributed by atoms with Crippen molar-refractivity contribution in [2.24, 2.45) is 4.99 Å². The molecular formula is C19H22FIN4. The fraction of sp³-hybridized carbons (Fsp3) is 0.263. The summed E-state index contributed by atoms with van der Waals surface area (Å²) in [7, 11) is 3.63. The first kappa shape index (κ1) is 20.9. The molecule has 132 valence electrons. The molecule has 0 aliphatic carbocycles. The zero-order valence-corrected chi connectivity index (χ0v) is 16.9. The zero-order chi connectivity index (χ0) is 17.5. The minimum absolute atomic E-state index is 0. The minimum Gasteiger partial charge on any atom is -0.352 e. The summed E-state index contributed by atoms with van der Waals surface area (Å²) in [6.45, 7) is 3.04. The van der Waals surface area contributed by atoms with Crippen LogP contribution in [-0.2, 0) is 13.1 Å². The summed E-state index contributed by atoms with van der Waals surface area (Å²) >= 11 is 0. The molecule has 0 aliphatic heterocycles. The van der Waals surface area contributed by atoms with Crippen LogP contribution in [-0.4, -0.2) is 25.0 Å². The van der Waals surface area contributed by atoms with Crippen LogP contribution in [0.3, 0.4) is 0 Å². The fourth-order valence-electron chi connectivity index (χ4n) is 2.46. The van der Waals surface area contributed by atoms with Crippen LogP contribution in [0.4, 0.5) is 4.39 Å². The Kier molecular flexibility index (Phi) is 8.35. The van der Waals surface area contributed by atoms with E-state index in [-0.39, 0.29) is 36.3 Å². The normalized spacial score (nSPS) is 10.6. The third-order valence-corrected chi connectivity index (χ3v) is 3.85. The molecule has 0 bridgehead atoms. The van der Waals surface area contributed by atoms with Gasteiger partial charge in [-0.25, -0.2) is 4.39 Å². The van der Waals surface area contributed by atoms with Crippen molar-refractivity contribution in [2.45, 2.75) is 20.0 Å². The van der Waals surface area contributed by atoms with E-state index in [0.29, 0.717) is 23.6 Å². The number of nitrogens with zero attached hydrogens (tertiary/aromatic N) is 3. The lowest BCUT2D eigenvalue weighted by atomic mass is 10.1. The SMILES string of the molecule is CN=C(NCc1cc(C#N)ccc1F)N(C)Cc1ccccc1C.I. The summed E-state index contributed by atoms with van der Waals surface area (Å²) in [6.07, 6.45) is 0. The highest BCUT2D eigenvalue weighted by Gasteiger charge is 2.10. The molecule has 0 saturated heterocycles. The molecule has 4 nitrogen and oxygen atoms in total. The van der Waals surface area contributed by atoms with Crippen LogP contribution in [0.2, 0.25) is 0 Å². The summed E-state index contributed by atoms with van der Waals surface area (Å²) in [6, 6.07) is 14.5. The Morgan fingerprint density at radius 2 is 1.96 bits per heavy atom. The average molecular weight is 452 g/mol. The standard InChI is InChI=1S/C19H21FN4.HI/c1-14-6-4-5-7-16(14)13-24(3)19(22-2)23-12-17-10-15(11-21)8-9-18(17)20;/h4-10H,12-13H2,1-3H3,(H,22,23);1H. The summed E-state index contributed by atoms with van der Waals surface area (Å²) in [5, 5.41) is 12.1. The maximum atomic E-state index is 13.9. The molecule has 0 fully saturated rings. The van der Waals surface area contributed by atoms with Crippen molar-refractivity contribution >= 4 is 29.9 Å². The van der Waals surface area contributed by atoms with Gasteiger partial charge in [-0.05, 0) is 36.2 Å². The van der Waals surface area contributed by atoms with Gasteiger partial charge in [-0.3, -0.25) is 4.99 Å². The molecule has 0 aliphatic rings. The number of hydrogen-bond donors (Lipinski definition) is 1. The second-order valence-electron chi connectivity index (χ2n) is 5.60. The van der Waals surface area contributed by atoms with Gasteiger partial charge in [0.2, 0.25) is 0 Å². The molecule has 25 heavy (non-hydrogen) atoms. The Balaban J connectivity index is 0.00000312. The molecule has 1 N–H and O–H groups in total. The summed E-state index contributed by atoms with van der Waals surface area (Å²) < 4.78 is 13.9. The molecular weight excluding hydrogens is 430 g/mol. The van der Waals surface area contributed by atoms with Gasteiger partial charge in [-0.2, -0.15) is 5.26 Å². The molecule has 2 aromatic rings. The smallest absolute Gasteiger partial charge is 0.193 e. The van der Waals surface area contributed by atoms with E-state index in [4.69, 9.17) is 5.26 Å². The number of guanidine groups is 1. The number of benzene rings is 2. The molecule has 0 heterocycles. The van der Waals surface area contributed by atoms with Crippen LogP contribution in [0, 0.1) is 24.1 Å². The van der Waals surface area contributed by atoms with Crippen LogP contribution >= 0.6 is 24.0 Å². The Bertz CT molecular complexity index is 783. The summed E-state index contributed by atoms with van der Waals surface area (Å²) in [4.78, 5) is 6.23. The molecule has 0 spiro atoms. The van der Waals surface area contributed by atoms with Gasteiger partial charge in [0.05, 0.1) is 11.6 Å². The molecule has 0 aromatic heterocycles. The first-order chi connectivity index (χ1) is 11.5. The Morgan fingerprint density at radius 1 is 1.24 bits per heavy atom. The number of aryl methyl sites for hydroxylation is 1. The number of nitrogens with one attached hydrogen (secondary N) is 1. The third-order valence-electron chi connectivity index (χ3n) is 3.85. The monoisotopic (exact) mass is 452 g/mol. The molecule has 0 amide bonds. The van der Waals surface area contributed by atoms with Crippen molar-refractivity contribution in [1.29, 1.82) is 5.26 Å². The maximum Gasteiger partial charge on any atom is 0.193 e. The van der Waals surface area contributed by atoms with Crippen LogP contribution in [0.25, 0.3) is 0 Å². The van der Waals surface area contributed by atoms with Gasteiger partial charge in [0.25, 0.3) is 0 Å². The molecule has 2 aromatic carbocycles. The van der Waals surface area contributed by atoms with Crippen molar-refractivity contribution < 1.29 is 4.39 Å². The highest BCUT2D eigenvalue weighted by molar-refractivity contribution is 14.0. The van der Waals surface area contributed by atoms with Gasteiger partial charge >= 0.3 is 0 Å². The topological polar surface area (TPSA) is 51.4 Å². The Hall–Kier alpha value is -2.14. The number of hydrogen-bond acceptors (Lipinski definition) is 2. The first-order valence-corrected chi connectivity index (χ1v) is 7.70. The van der Waals surface area contributed by atoms with Gasteiger partial charge in [0, 0.05) is 32.7 Å². The summed E-state index contributed by atoms with van der Waals surface area (Å²) in [5.41, 5.74) is 3.31. The van der Waals surface area contributed by atoms with E-state index in [0.717, 1.165) is 0 Å². The van der Waals surface area contributed by atoms with Crippen LogP contribution < -0.4 is 5.32 Å². The van der Waals surface area contributed by atoms with Gasteiger partial charge in [-0.1, -0.05) is 24.3 Å². The van der Waals surface area contributed by atoms with E-state index in [2.05, 4.69) is 29.4 Å². The highest BCUT2D eigenvalue weighted by Crippen LogP contribution is 2.11. The first-order valence-electron chi connectivity index (χ1n) is 7.70. The van der Waals surface area contributed by atoms with Gasteiger partial charge in [0.15, 0.2) is 5.96 Å². The van der Waals surface area contributed by atoms with Crippen molar-refractivity contribution in [3.05, 3.63) is 70.5 Å². The highest BCUT2D eigenvalue weighted by atomic mass is 127. The third kappa shape index (κ3) is 5.71. The van der Waals surface area contributed by atoms with Crippen molar-refractivity contribution in [3.8, 4) is 6.07 Å². The van der Waals surface area contributed by atoms with E-state index >= 15 is 0 Å². The molecule has 2 rings (SSSR count). The largest absolute Gasteiger partial charge is 0.352 e. The fourth-order valence-corrected chi connectivity index (χ4v) is 2.46. The molecule has 0 saturated carbocycles. The number of aliphatic imine (C=N–C) groups is 1. The van der Waals surface area contributed by atoms with Crippen LogP contribution in [0.15, 0.2) is 47.5 Å². The lowest BCUT2D eigenvalue weighted by molar-refractivity contribution is 0.474. The van der Waals surface area contributed by atoms with Gasteiger partial charge < -0.3 is 10.2 Å². The van der Waals surface area contributed by atoms with Crippen molar-refractivity contribution in [2.75, 3.05) is 14.1 Å². The number of rotatable bonds is 4. The van der Waals surface area contributed by atoms with E-state index in [9.17, 15) is 4.39 Å². The summed E-state index contributed by atoms with van der Waals surface area (Å²) in [5.74, 6) is 0.332. The van der Waals surface area contributed by atoms with Crippen LogP contribution in [0.5, 0.6) is 0 Å². The van der Waals surface area contributed by atoms with Crippen LogP contribution in [0.1, 0.15) is 22.3 Å². The quantitative estimate of drug-likeness (QED) is 0.436. The van der Waals surface area contributed by atoms with E-state index in [1.807, 2.05) is 30.1 Å². The second kappa shape index (κ2) is 9.99. The maximum absolute atomic E-state index is 13.9. The Labute approximate surface area is 165 Å².